The number of thiocarbonyl (C=S) groups is 1. The predicted molar refractivity (Wildman–Crippen MR) is 83.6 cm³/mol. The number of nitrogens with one attached hydrogen (secondary N) is 1. The molecule has 5 heteroatoms. The van der Waals surface area contributed by atoms with E-state index >= 15 is 0 Å². The molecule has 0 aliphatic heterocycles. The molecule has 98 valence electrons. The average Bonchev–Trinajstić information content (AvgIpc) is 2.39. The van der Waals surface area contributed by atoms with Crippen molar-refractivity contribution in [2.24, 2.45) is 5.73 Å². The normalized spacial score (nSPS) is 11.9. The van der Waals surface area contributed by atoms with Crippen LogP contribution in [0, 0.1) is 0 Å². The lowest BCUT2D eigenvalue weighted by Gasteiger charge is -2.17. The van der Waals surface area contributed by atoms with Crippen LogP contribution in [0.1, 0.15) is 24.1 Å². The molecular formula is C14H14ClN3S. The second-order valence-electron chi connectivity index (χ2n) is 4.20. The van der Waals surface area contributed by atoms with Crippen molar-refractivity contribution < 1.29 is 0 Å². The molecule has 0 amide bonds. The Bertz CT molecular complexity index is 583. The van der Waals surface area contributed by atoms with Crippen LogP contribution in [-0.4, -0.2) is 9.97 Å². The lowest BCUT2D eigenvalue weighted by atomic mass is 10.1. The van der Waals surface area contributed by atoms with Crippen molar-refractivity contribution in [1.29, 1.82) is 0 Å². The van der Waals surface area contributed by atoms with Crippen LogP contribution >= 0.6 is 23.8 Å². The third-order valence-corrected chi connectivity index (χ3v) is 3.30. The summed E-state index contributed by atoms with van der Waals surface area (Å²) >= 11 is 10.9. The topological polar surface area (TPSA) is 50.9 Å². The lowest BCUT2D eigenvalue weighted by Crippen LogP contribution is -2.15. The standard InChI is InChI=1S/C14H14ClN3S/c1-9(10-2-4-11(15)5-3-10)18-13-8-17-7-6-12(13)14(16)19/h2-9,18H,1H3,(H2,16,19). The van der Waals surface area contributed by atoms with Crippen molar-refractivity contribution in [2.75, 3.05) is 5.32 Å². The van der Waals surface area contributed by atoms with E-state index in [1.165, 1.54) is 0 Å². The molecule has 19 heavy (non-hydrogen) atoms. The van der Waals surface area contributed by atoms with Gasteiger partial charge in [-0.15, -0.1) is 0 Å². The second kappa shape index (κ2) is 5.99. The molecule has 3 N–H and O–H groups in total. The molecule has 0 spiro atoms. The SMILES string of the molecule is CC(Nc1cnccc1C(N)=S)c1ccc(Cl)cc1. The van der Waals surface area contributed by atoms with Crippen LogP contribution in [0.25, 0.3) is 0 Å². The molecule has 2 aromatic rings. The van der Waals surface area contributed by atoms with Gasteiger partial charge >= 0.3 is 0 Å². The van der Waals surface area contributed by atoms with Crippen molar-refractivity contribution in [3.63, 3.8) is 0 Å². The molecule has 3 nitrogen and oxygen atoms in total. The Kier molecular flexibility index (Phi) is 4.35. The molecule has 0 saturated carbocycles. The first kappa shape index (κ1) is 13.8. The summed E-state index contributed by atoms with van der Waals surface area (Å²) in [6.07, 6.45) is 3.40. The van der Waals surface area contributed by atoms with Gasteiger partial charge in [0.2, 0.25) is 0 Å². The van der Waals surface area contributed by atoms with E-state index in [4.69, 9.17) is 29.6 Å². The van der Waals surface area contributed by atoms with Crippen molar-refractivity contribution in [3.05, 3.63) is 58.9 Å². The number of benzene rings is 1. The Morgan fingerprint density at radius 1 is 1.32 bits per heavy atom. The van der Waals surface area contributed by atoms with Gasteiger partial charge in [-0.05, 0) is 30.7 Å². The Morgan fingerprint density at radius 3 is 2.63 bits per heavy atom. The van der Waals surface area contributed by atoms with Crippen LogP contribution in [0.5, 0.6) is 0 Å². The molecule has 1 heterocycles. The van der Waals surface area contributed by atoms with Crippen LogP contribution in [0.4, 0.5) is 5.69 Å². The maximum atomic E-state index is 5.88. The second-order valence-corrected chi connectivity index (χ2v) is 5.08. The van der Waals surface area contributed by atoms with E-state index in [9.17, 15) is 0 Å². The molecule has 1 unspecified atom stereocenters. The minimum atomic E-state index is 0.106. The average molecular weight is 292 g/mol. The summed E-state index contributed by atoms with van der Waals surface area (Å²) in [4.78, 5) is 4.44. The summed E-state index contributed by atoms with van der Waals surface area (Å²) in [6, 6.07) is 9.61. The molecule has 0 fully saturated rings. The van der Waals surface area contributed by atoms with Gasteiger partial charge in [-0.2, -0.15) is 0 Å². The summed E-state index contributed by atoms with van der Waals surface area (Å²) in [5, 5.41) is 4.08. The maximum Gasteiger partial charge on any atom is 0.106 e. The fourth-order valence-corrected chi connectivity index (χ4v) is 2.10. The third kappa shape index (κ3) is 3.43. The molecular weight excluding hydrogens is 278 g/mol. The van der Waals surface area contributed by atoms with E-state index in [1.807, 2.05) is 24.3 Å². The number of hydrogen-bond donors (Lipinski definition) is 2. The van der Waals surface area contributed by atoms with E-state index in [0.29, 0.717) is 4.99 Å². The van der Waals surface area contributed by atoms with Crippen LogP contribution in [0.2, 0.25) is 5.02 Å². The monoisotopic (exact) mass is 291 g/mol. The number of rotatable bonds is 4. The summed E-state index contributed by atoms with van der Waals surface area (Å²) in [7, 11) is 0. The van der Waals surface area contributed by atoms with Gasteiger partial charge in [0.1, 0.15) is 4.99 Å². The van der Waals surface area contributed by atoms with Crippen LogP contribution in [0.15, 0.2) is 42.7 Å². The van der Waals surface area contributed by atoms with E-state index in [1.54, 1.807) is 18.5 Å². The highest BCUT2D eigenvalue weighted by molar-refractivity contribution is 7.80. The highest BCUT2D eigenvalue weighted by Crippen LogP contribution is 2.22. The molecule has 2 rings (SSSR count). The van der Waals surface area contributed by atoms with Gasteiger partial charge in [-0.25, -0.2) is 0 Å². The number of anilines is 1. The minimum absolute atomic E-state index is 0.106. The predicted octanol–water partition coefficient (Wildman–Crippen LogP) is 3.54. The van der Waals surface area contributed by atoms with Crippen LogP contribution in [-0.2, 0) is 0 Å². The molecule has 1 aromatic heterocycles. The highest BCUT2D eigenvalue weighted by atomic mass is 35.5. The smallest absolute Gasteiger partial charge is 0.106 e. The first-order valence-electron chi connectivity index (χ1n) is 5.83. The molecule has 1 atom stereocenters. The first-order valence-corrected chi connectivity index (χ1v) is 6.62. The Hall–Kier alpha value is -1.65. The van der Waals surface area contributed by atoms with Gasteiger partial charge in [0, 0.05) is 22.8 Å². The summed E-state index contributed by atoms with van der Waals surface area (Å²) in [5.41, 5.74) is 8.45. The fraction of sp³-hybridized carbons (Fsp3) is 0.143. The number of nitrogens with zero attached hydrogens (tertiary/aromatic N) is 1. The van der Waals surface area contributed by atoms with Crippen LogP contribution < -0.4 is 11.1 Å². The quantitative estimate of drug-likeness (QED) is 0.846. The molecule has 0 saturated heterocycles. The number of aromatic nitrogens is 1. The van der Waals surface area contributed by atoms with Gasteiger partial charge < -0.3 is 11.1 Å². The maximum absolute atomic E-state index is 5.88. The first-order chi connectivity index (χ1) is 9.08. The zero-order valence-electron chi connectivity index (χ0n) is 10.4. The Labute approximate surface area is 122 Å². The molecule has 0 bridgehead atoms. The number of pyridine rings is 1. The van der Waals surface area contributed by atoms with Crippen LogP contribution in [0.3, 0.4) is 0 Å². The van der Waals surface area contributed by atoms with Gasteiger partial charge in [-0.3, -0.25) is 4.98 Å². The third-order valence-electron chi connectivity index (χ3n) is 2.83. The highest BCUT2D eigenvalue weighted by Gasteiger charge is 2.09. The molecule has 0 radical (unpaired) electrons. The van der Waals surface area contributed by atoms with E-state index < -0.39 is 0 Å². The van der Waals surface area contributed by atoms with Gasteiger partial charge in [-0.1, -0.05) is 36.0 Å². The largest absolute Gasteiger partial charge is 0.389 e. The van der Waals surface area contributed by atoms with Gasteiger partial charge in [0.15, 0.2) is 0 Å². The molecule has 0 aliphatic carbocycles. The zero-order valence-corrected chi connectivity index (χ0v) is 12.0. The number of nitrogens with two attached hydrogens (primary N) is 1. The summed E-state index contributed by atoms with van der Waals surface area (Å²) in [6.45, 7) is 2.06. The molecule has 1 aromatic carbocycles. The Morgan fingerprint density at radius 2 is 2.00 bits per heavy atom. The summed E-state index contributed by atoms with van der Waals surface area (Å²) in [5.74, 6) is 0. The van der Waals surface area contributed by atoms with E-state index in [0.717, 1.165) is 21.8 Å². The van der Waals surface area contributed by atoms with E-state index in [-0.39, 0.29) is 6.04 Å². The van der Waals surface area contributed by atoms with E-state index in [2.05, 4.69) is 17.2 Å². The van der Waals surface area contributed by atoms with Crippen molar-refractivity contribution >= 4 is 34.5 Å². The van der Waals surface area contributed by atoms with Crippen molar-refractivity contribution in [1.82, 2.24) is 4.98 Å². The number of halogens is 1. The zero-order chi connectivity index (χ0) is 13.8. The Balaban J connectivity index is 2.21. The minimum Gasteiger partial charge on any atom is -0.389 e. The molecule has 0 aliphatic rings. The van der Waals surface area contributed by atoms with Crippen molar-refractivity contribution in [2.45, 2.75) is 13.0 Å². The lowest BCUT2D eigenvalue weighted by molar-refractivity contribution is 0.882. The van der Waals surface area contributed by atoms with Gasteiger partial charge in [0.25, 0.3) is 0 Å². The summed E-state index contributed by atoms with van der Waals surface area (Å²) < 4.78 is 0. The fourth-order valence-electron chi connectivity index (χ4n) is 1.79. The number of hydrogen-bond acceptors (Lipinski definition) is 3. The van der Waals surface area contributed by atoms with Gasteiger partial charge in [0.05, 0.1) is 11.9 Å². The van der Waals surface area contributed by atoms with Crippen molar-refractivity contribution in [3.8, 4) is 0 Å².